The van der Waals surface area contributed by atoms with E-state index in [0.717, 1.165) is 11.1 Å². The largest absolute Gasteiger partial charge is 0.285 e. The lowest BCUT2D eigenvalue weighted by Crippen LogP contribution is -2.29. The lowest BCUT2D eigenvalue weighted by Gasteiger charge is -2.23. The lowest BCUT2D eigenvalue weighted by molar-refractivity contribution is -0.384. The number of hydrogen-bond acceptors (Lipinski definition) is 4. The fraction of sp³-hybridized carbons (Fsp3) is 0.0909. The normalized spacial score (nSPS) is 11.1. The van der Waals surface area contributed by atoms with Crippen LogP contribution < -0.4 is 5.56 Å². The number of benzene rings is 3. The van der Waals surface area contributed by atoms with Crippen molar-refractivity contribution in [1.82, 2.24) is 9.55 Å². The number of nitro benzene ring substituents is 1. The summed E-state index contributed by atoms with van der Waals surface area (Å²) in [4.78, 5) is 28.6. The summed E-state index contributed by atoms with van der Waals surface area (Å²) >= 11 is 0. The Kier molecular flexibility index (Phi) is 4.45. The van der Waals surface area contributed by atoms with Gasteiger partial charge in [0.1, 0.15) is 5.82 Å². The molecule has 4 rings (SSSR count). The highest BCUT2D eigenvalue weighted by atomic mass is 16.6. The van der Waals surface area contributed by atoms with Crippen molar-refractivity contribution >= 4 is 16.6 Å². The second-order valence-corrected chi connectivity index (χ2v) is 6.52. The second kappa shape index (κ2) is 7.08. The van der Waals surface area contributed by atoms with Crippen LogP contribution in [0.3, 0.4) is 0 Å². The van der Waals surface area contributed by atoms with E-state index < -0.39 is 4.92 Å². The highest BCUT2D eigenvalue weighted by molar-refractivity contribution is 5.80. The Hall–Kier alpha value is -3.80. The van der Waals surface area contributed by atoms with Gasteiger partial charge in [0.05, 0.1) is 21.9 Å². The van der Waals surface area contributed by atoms with Gasteiger partial charge in [-0.05, 0) is 24.1 Å². The Bertz CT molecular complexity index is 1180. The molecular weight excluding hydrogens is 354 g/mol. The summed E-state index contributed by atoms with van der Waals surface area (Å²) < 4.78 is 1.61. The summed E-state index contributed by atoms with van der Waals surface area (Å²) in [5.41, 5.74) is 1.89. The van der Waals surface area contributed by atoms with E-state index in [1.165, 1.54) is 18.2 Å². The van der Waals surface area contributed by atoms with Crippen molar-refractivity contribution < 1.29 is 4.92 Å². The Morgan fingerprint density at radius 1 is 0.929 bits per heavy atom. The summed E-state index contributed by atoms with van der Waals surface area (Å²) in [5.74, 6) is 0.545. The smallest absolute Gasteiger partial charge is 0.270 e. The fourth-order valence-electron chi connectivity index (χ4n) is 3.48. The number of non-ortho nitro benzene ring substituents is 1. The molecule has 6 nitrogen and oxygen atoms in total. The average molecular weight is 371 g/mol. The predicted molar refractivity (Wildman–Crippen MR) is 108 cm³/mol. The lowest BCUT2D eigenvalue weighted by atomic mass is 9.98. The van der Waals surface area contributed by atoms with E-state index >= 15 is 0 Å². The number of hydrogen-bond donors (Lipinski definition) is 0. The van der Waals surface area contributed by atoms with Crippen molar-refractivity contribution in [3.63, 3.8) is 0 Å². The number of rotatable bonds is 4. The molecule has 1 heterocycles. The monoisotopic (exact) mass is 371 g/mol. The van der Waals surface area contributed by atoms with Crippen LogP contribution in [0.4, 0.5) is 5.69 Å². The molecule has 0 fully saturated rings. The Morgan fingerprint density at radius 3 is 2.04 bits per heavy atom. The highest BCUT2D eigenvalue weighted by Crippen LogP contribution is 2.27. The zero-order valence-electron chi connectivity index (χ0n) is 15.1. The zero-order valence-corrected chi connectivity index (χ0v) is 15.1. The minimum absolute atomic E-state index is 0.127. The summed E-state index contributed by atoms with van der Waals surface area (Å²) in [6.45, 7) is 1.78. The third-order valence-electron chi connectivity index (χ3n) is 4.76. The molecule has 0 aliphatic rings. The minimum atomic E-state index is -0.505. The summed E-state index contributed by atoms with van der Waals surface area (Å²) in [7, 11) is 0. The SMILES string of the molecule is Cc1nc2ccc([N+](=O)[O-])cc2c(=O)n1C(c1ccccc1)c1ccccc1. The van der Waals surface area contributed by atoms with Gasteiger partial charge < -0.3 is 0 Å². The van der Waals surface area contributed by atoms with Gasteiger partial charge in [-0.25, -0.2) is 4.98 Å². The van der Waals surface area contributed by atoms with Gasteiger partial charge in [-0.1, -0.05) is 60.7 Å². The highest BCUT2D eigenvalue weighted by Gasteiger charge is 2.22. The van der Waals surface area contributed by atoms with Crippen molar-refractivity contribution in [2.45, 2.75) is 13.0 Å². The van der Waals surface area contributed by atoms with Crippen LogP contribution >= 0.6 is 0 Å². The van der Waals surface area contributed by atoms with E-state index in [2.05, 4.69) is 4.98 Å². The molecule has 1 aromatic heterocycles. The molecule has 138 valence electrons. The Labute approximate surface area is 160 Å². The van der Waals surface area contributed by atoms with Gasteiger partial charge in [0, 0.05) is 12.1 Å². The van der Waals surface area contributed by atoms with Gasteiger partial charge >= 0.3 is 0 Å². The molecular formula is C22H17N3O3. The van der Waals surface area contributed by atoms with Gasteiger partial charge in [-0.2, -0.15) is 0 Å². The van der Waals surface area contributed by atoms with Crippen molar-refractivity contribution in [1.29, 1.82) is 0 Å². The van der Waals surface area contributed by atoms with Gasteiger partial charge in [0.2, 0.25) is 0 Å². The molecule has 0 aliphatic carbocycles. The first-order chi connectivity index (χ1) is 13.6. The van der Waals surface area contributed by atoms with Crippen LogP contribution in [0, 0.1) is 17.0 Å². The van der Waals surface area contributed by atoms with E-state index in [1.807, 2.05) is 60.7 Å². The van der Waals surface area contributed by atoms with Crippen LogP contribution in [0.1, 0.15) is 23.0 Å². The molecule has 0 saturated heterocycles. The third kappa shape index (κ3) is 3.05. The van der Waals surface area contributed by atoms with E-state index in [1.54, 1.807) is 11.5 Å². The first-order valence-electron chi connectivity index (χ1n) is 8.83. The Morgan fingerprint density at radius 2 is 1.50 bits per heavy atom. The van der Waals surface area contributed by atoms with Crippen LogP contribution in [0.15, 0.2) is 83.7 Å². The number of nitrogens with zero attached hydrogens (tertiary/aromatic N) is 3. The van der Waals surface area contributed by atoms with E-state index in [-0.39, 0.29) is 22.7 Å². The van der Waals surface area contributed by atoms with E-state index in [0.29, 0.717) is 11.3 Å². The van der Waals surface area contributed by atoms with Crippen LogP contribution in [0.5, 0.6) is 0 Å². The minimum Gasteiger partial charge on any atom is -0.285 e. The quantitative estimate of drug-likeness (QED) is 0.397. The van der Waals surface area contributed by atoms with Crippen molar-refractivity contribution in [2.24, 2.45) is 0 Å². The van der Waals surface area contributed by atoms with Gasteiger partial charge in [-0.15, -0.1) is 0 Å². The first kappa shape index (κ1) is 17.6. The van der Waals surface area contributed by atoms with Gasteiger partial charge in [-0.3, -0.25) is 19.5 Å². The summed E-state index contributed by atoms with van der Waals surface area (Å²) in [6, 6.07) is 23.2. The molecule has 0 radical (unpaired) electrons. The number of aromatic nitrogens is 2. The average Bonchev–Trinajstić information content (AvgIpc) is 2.72. The maximum Gasteiger partial charge on any atom is 0.270 e. The number of fused-ring (bicyclic) bond motifs is 1. The predicted octanol–water partition coefficient (Wildman–Crippen LogP) is 4.25. The molecule has 6 heteroatoms. The van der Waals surface area contributed by atoms with Gasteiger partial charge in [0.25, 0.3) is 11.2 Å². The van der Waals surface area contributed by atoms with Crippen LogP contribution in [0.25, 0.3) is 10.9 Å². The topological polar surface area (TPSA) is 78.0 Å². The van der Waals surface area contributed by atoms with Crippen molar-refractivity contribution in [2.75, 3.05) is 0 Å². The molecule has 28 heavy (non-hydrogen) atoms. The third-order valence-corrected chi connectivity index (χ3v) is 4.76. The fourth-order valence-corrected chi connectivity index (χ4v) is 3.48. The Balaban J connectivity index is 2.03. The molecule has 0 N–H and O–H groups in total. The molecule has 0 bridgehead atoms. The van der Waals surface area contributed by atoms with Crippen LogP contribution in [-0.4, -0.2) is 14.5 Å². The molecule has 0 atom stereocenters. The molecule has 0 spiro atoms. The summed E-state index contributed by atoms with van der Waals surface area (Å²) in [5, 5.41) is 11.4. The maximum absolute atomic E-state index is 13.4. The summed E-state index contributed by atoms with van der Waals surface area (Å²) in [6.07, 6.45) is 0. The molecule has 0 amide bonds. The standard InChI is InChI=1S/C22H17N3O3/c1-15-23-20-13-12-18(25(27)28)14-19(20)22(26)24(15)21(16-8-4-2-5-9-16)17-10-6-3-7-11-17/h2-14,21H,1H3. The van der Waals surface area contributed by atoms with E-state index in [9.17, 15) is 14.9 Å². The molecule has 4 aromatic rings. The molecule has 0 saturated carbocycles. The van der Waals surface area contributed by atoms with Crippen LogP contribution in [-0.2, 0) is 0 Å². The van der Waals surface area contributed by atoms with Crippen molar-refractivity contribution in [3.05, 3.63) is 116 Å². The molecule has 0 aliphatic heterocycles. The van der Waals surface area contributed by atoms with Crippen molar-refractivity contribution in [3.8, 4) is 0 Å². The zero-order chi connectivity index (χ0) is 19.7. The molecule has 3 aromatic carbocycles. The van der Waals surface area contributed by atoms with E-state index in [4.69, 9.17) is 0 Å². The first-order valence-corrected chi connectivity index (χ1v) is 8.83. The number of aryl methyl sites for hydroxylation is 1. The van der Waals surface area contributed by atoms with Crippen LogP contribution in [0.2, 0.25) is 0 Å². The number of nitro groups is 1. The van der Waals surface area contributed by atoms with Gasteiger partial charge in [0.15, 0.2) is 0 Å². The maximum atomic E-state index is 13.4. The molecule has 0 unspecified atom stereocenters. The second-order valence-electron chi connectivity index (χ2n) is 6.52.